The van der Waals surface area contributed by atoms with Crippen molar-refractivity contribution in [3.05, 3.63) is 53.2 Å². The van der Waals surface area contributed by atoms with E-state index in [1.807, 2.05) is 36.5 Å². The summed E-state index contributed by atoms with van der Waals surface area (Å²) in [5.74, 6) is 1.90. The quantitative estimate of drug-likeness (QED) is 0.771. The van der Waals surface area contributed by atoms with Crippen molar-refractivity contribution in [1.29, 1.82) is 0 Å². The van der Waals surface area contributed by atoms with Crippen LogP contribution in [0, 0.1) is 0 Å². The third-order valence-corrected chi connectivity index (χ3v) is 3.95. The van der Waals surface area contributed by atoms with Crippen molar-refractivity contribution in [2.24, 2.45) is 0 Å². The third kappa shape index (κ3) is 4.44. The molecular formula is C15H17ClN2S. The predicted octanol–water partition coefficient (Wildman–Crippen LogP) is 4.85. The van der Waals surface area contributed by atoms with Gasteiger partial charge in [-0.15, -0.1) is 11.8 Å². The second kappa shape index (κ2) is 7.41. The number of nitrogens with one attached hydrogen (secondary N) is 1. The van der Waals surface area contributed by atoms with Gasteiger partial charge in [-0.05, 0) is 36.8 Å². The Hall–Kier alpha value is -1.19. The normalized spacial score (nSPS) is 10.4. The van der Waals surface area contributed by atoms with Crippen LogP contribution < -0.4 is 5.32 Å². The van der Waals surface area contributed by atoms with Crippen LogP contribution in [-0.2, 0) is 5.75 Å². The molecule has 0 bridgehead atoms. The van der Waals surface area contributed by atoms with Gasteiger partial charge in [0.2, 0.25) is 0 Å². The van der Waals surface area contributed by atoms with Crippen molar-refractivity contribution in [2.75, 3.05) is 11.9 Å². The van der Waals surface area contributed by atoms with E-state index in [0.29, 0.717) is 0 Å². The first-order valence-corrected chi connectivity index (χ1v) is 7.72. The molecule has 1 heterocycles. The van der Waals surface area contributed by atoms with E-state index in [1.54, 1.807) is 11.8 Å². The first-order valence-electron chi connectivity index (χ1n) is 6.35. The molecule has 0 aliphatic carbocycles. The number of hydrogen-bond acceptors (Lipinski definition) is 3. The molecule has 19 heavy (non-hydrogen) atoms. The van der Waals surface area contributed by atoms with Gasteiger partial charge >= 0.3 is 0 Å². The van der Waals surface area contributed by atoms with Crippen LogP contribution in [0.5, 0.6) is 0 Å². The fourth-order valence-electron chi connectivity index (χ4n) is 1.65. The molecule has 2 nitrogen and oxygen atoms in total. The second-order valence-corrected chi connectivity index (χ2v) is 5.67. The highest BCUT2D eigenvalue weighted by Gasteiger charge is 2.03. The molecule has 0 aliphatic rings. The Bertz CT molecular complexity index is 514. The Labute approximate surface area is 123 Å². The van der Waals surface area contributed by atoms with E-state index in [4.69, 9.17) is 11.6 Å². The second-order valence-electron chi connectivity index (χ2n) is 4.18. The molecule has 1 aromatic heterocycles. The highest BCUT2D eigenvalue weighted by Crippen LogP contribution is 2.26. The third-order valence-electron chi connectivity index (χ3n) is 2.64. The highest BCUT2D eigenvalue weighted by molar-refractivity contribution is 7.98. The molecule has 0 spiro atoms. The first-order chi connectivity index (χ1) is 9.29. The summed E-state index contributed by atoms with van der Waals surface area (Å²) in [5.41, 5.74) is 1.23. The lowest BCUT2D eigenvalue weighted by Crippen LogP contribution is -2.04. The van der Waals surface area contributed by atoms with E-state index in [0.717, 1.165) is 29.6 Å². The maximum Gasteiger partial charge on any atom is 0.129 e. The van der Waals surface area contributed by atoms with Gasteiger partial charge < -0.3 is 5.32 Å². The van der Waals surface area contributed by atoms with Gasteiger partial charge in [0.05, 0.1) is 0 Å². The molecule has 100 valence electrons. The van der Waals surface area contributed by atoms with Crippen LogP contribution in [0.1, 0.15) is 18.9 Å². The van der Waals surface area contributed by atoms with Crippen molar-refractivity contribution in [3.63, 3.8) is 0 Å². The number of pyridine rings is 1. The minimum absolute atomic E-state index is 0.774. The largest absolute Gasteiger partial charge is 0.370 e. The van der Waals surface area contributed by atoms with Gasteiger partial charge in [0.1, 0.15) is 5.82 Å². The van der Waals surface area contributed by atoms with Crippen molar-refractivity contribution < 1.29 is 0 Å². The summed E-state index contributed by atoms with van der Waals surface area (Å²) >= 11 is 7.67. The van der Waals surface area contributed by atoms with Crippen LogP contribution in [0.15, 0.2) is 47.5 Å². The molecule has 0 amide bonds. The summed E-state index contributed by atoms with van der Waals surface area (Å²) in [4.78, 5) is 5.61. The van der Waals surface area contributed by atoms with Crippen molar-refractivity contribution in [3.8, 4) is 0 Å². The zero-order chi connectivity index (χ0) is 13.5. The van der Waals surface area contributed by atoms with E-state index in [-0.39, 0.29) is 0 Å². The molecule has 2 aromatic rings. The van der Waals surface area contributed by atoms with E-state index in [2.05, 4.69) is 23.3 Å². The number of halogens is 1. The maximum atomic E-state index is 5.88. The van der Waals surface area contributed by atoms with Crippen molar-refractivity contribution >= 4 is 29.2 Å². The average Bonchev–Trinajstić information content (AvgIpc) is 2.45. The molecule has 0 radical (unpaired) electrons. The lowest BCUT2D eigenvalue weighted by atomic mass is 10.3. The lowest BCUT2D eigenvalue weighted by Gasteiger charge is -2.09. The van der Waals surface area contributed by atoms with Gasteiger partial charge in [-0.3, -0.25) is 0 Å². The highest BCUT2D eigenvalue weighted by atomic mass is 35.5. The van der Waals surface area contributed by atoms with Crippen LogP contribution >= 0.6 is 23.4 Å². The van der Waals surface area contributed by atoms with E-state index in [9.17, 15) is 0 Å². The van der Waals surface area contributed by atoms with E-state index >= 15 is 0 Å². The van der Waals surface area contributed by atoms with Gasteiger partial charge in [-0.25, -0.2) is 4.98 Å². The number of aromatic nitrogens is 1. The fourth-order valence-corrected chi connectivity index (χ4v) is 2.66. The summed E-state index contributed by atoms with van der Waals surface area (Å²) in [5, 5.41) is 4.14. The lowest BCUT2D eigenvalue weighted by molar-refractivity contribution is 0.965. The van der Waals surface area contributed by atoms with Crippen LogP contribution in [-0.4, -0.2) is 11.5 Å². The zero-order valence-corrected chi connectivity index (χ0v) is 12.5. The number of rotatable bonds is 6. The summed E-state index contributed by atoms with van der Waals surface area (Å²) in [6, 6.07) is 12.0. The maximum absolute atomic E-state index is 5.88. The Morgan fingerprint density at radius 1 is 1.21 bits per heavy atom. The summed E-state index contributed by atoms with van der Waals surface area (Å²) in [7, 11) is 0. The Balaban J connectivity index is 2.00. The van der Waals surface area contributed by atoms with E-state index in [1.165, 1.54) is 10.5 Å². The van der Waals surface area contributed by atoms with E-state index < -0.39 is 0 Å². The number of hydrogen-bond donors (Lipinski definition) is 1. The van der Waals surface area contributed by atoms with Gasteiger partial charge in [-0.1, -0.05) is 24.6 Å². The first kappa shape index (κ1) is 14.2. The molecule has 0 fully saturated rings. The topological polar surface area (TPSA) is 24.9 Å². The van der Waals surface area contributed by atoms with Crippen molar-refractivity contribution in [1.82, 2.24) is 4.98 Å². The molecular weight excluding hydrogens is 276 g/mol. The Morgan fingerprint density at radius 2 is 2.00 bits per heavy atom. The standard InChI is InChI=1S/C15H17ClN2S/c1-2-9-17-15-12(4-3-10-18-15)11-19-14-7-5-13(16)6-8-14/h3-8,10H,2,9,11H2,1H3,(H,17,18). The summed E-state index contributed by atoms with van der Waals surface area (Å²) in [6.45, 7) is 3.10. The summed E-state index contributed by atoms with van der Waals surface area (Å²) in [6.07, 6.45) is 2.93. The van der Waals surface area contributed by atoms with Crippen LogP contribution in [0.4, 0.5) is 5.82 Å². The minimum Gasteiger partial charge on any atom is -0.370 e. The molecule has 0 atom stereocenters. The Morgan fingerprint density at radius 3 is 2.74 bits per heavy atom. The van der Waals surface area contributed by atoms with Crippen molar-refractivity contribution in [2.45, 2.75) is 24.0 Å². The molecule has 0 saturated heterocycles. The van der Waals surface area contributed by atoms with Gasteiger partial charge in [-0.2, -0.15) is 0 Å². The van der Waals surface area contributed by atoms with Gasteiger partial charge in [0.25, 0.3) is 0 Å². The number of benzene rings is 1. The number of nitrogens with zero attached hydrogens (tertiary/aromatic N) is 1. The van der Waals surface area contributed by atoms with Crippen LogP contribution in [0.3, 0.4) is 0 Å². The number of thioether (sulfide) groups is 1. The molecule has 4 heteroatoms. The minimum atomic E-state index is 0.774. The molecule has 0 saturated carbocycles. The monoisotopic (exact) mass is 292 g/mol. The number of anilines is 1. The predicted molar refractivity (Wildman–Crippen MR) is 84.0 cm³/mol. The molecule has 1 N–H and O–H groups in total. The summed E-state index contributed by atoms with van der Waals surface area (Å²) < 4.78 is 0. The molecule has 0 aliphatic heterocycles. The SMILES string of the molecule is CCCNc1ncccc1CSc1ccc(Cl)cc1. The smallest absolute Gasteiger partial charge is 0.129 e. The van der Waals surface area contributed by atoms with Crippen LogP contribution in [0.2, 0.25) is 5.02 Å². The average molecular weight is 293 g/mol. The Kier molecular flexibility index (Phi) is 5.55. The fraction of sp³-hybridized carbons (Fsp3) is 0.267. The molecule has 2 rings (SSSR count). The van der Waals surface area contributed by atoms with Crippen LogP contribution in [0.25, 0.3) is 0 Å². The van der Waals surface area contributed by atoms with Gasteiger partial charge in [0.15, 0.2) is 0 Å². The molecule has 1 aromatic carbocycles. The van der Waals surface area contributed by atoms with Gasteiger partial charge in [0, 0.05) is 34.0 Å². The zero-order valence-electron chi connectivity index (χ0n) is 10.9. The molecule has 0 unspecified atom stereocenters.